The van der Waals surface area contributed by atoms with E-state index in [4.69, 9.17) is 5.73 Å². The lowest BCUT2D eigenvalue weighted by atomic mass is 9.89. The molecule has 1 aromatic rings. The van der Waals surface area contributed by atoms with Gasteiger partial charge in [-0.3, -0.25) is 19.2 Å². The second-order valence-electron chi connectivity index (χ2n) is 9.13. The van der Waals surface area contributed by atoms with Gasteiger partial charge in [0.05, 0.1) is 6.42 Å². The number of hydrogen-bond acceptors (Lipinski definition) is 5. The van der Waals surface area contributed by atoms with E-state index in [9.17, 15) is 37.5 Å². The van der Waals surface area contributed by atoms with Crippen LogP contribution in [0.15, 0.2) is 30.3 Å². The van der Waals surface area contributed by atoms with Crippen LogP contribution in [-0.4, -0.2) is 53.5 Å². The topological polar surface area (TPSA) is 151 Å². The summed E-state index contributed by atoms with van der Waals surface area (Å²) in [7, 11) is 0. The van der Waals surface area contributed by atoms with Gasteiger partial charge < -0.3 is 26.8 Å². The van der Waals surface area contributed by atoms with Crippen molar-refractivity contribution in [2.24, 2.45) is 17.6 Å². The Hall–Kier alpha value is -3.15. The van der Waals surface area contributed by atoms with Crippen LogP contribution in [0.3, 0.4) is 0 Å². The summed E-state index contributed by atoms with van der Waals surface area (Å²) in [5, 5.41) is 17.7. The van der Waals surface area contributed by atoms with Crippen molar-refractivity contribution in [1.29, 1.82) is 0 Å². The van der Waals surface area contributed by atoms with E-state index in [2.05, 4.69) is 16.0 Å². The van der Waals surface area contributed by atoms with Gasteiger partial charge in [-0.15, -0.1) is 0 Å². The van der Waals surface area contributed by atoms with Gasteiger partial charge in [0.1, 0.15) is 12.1 Å². The number of alkyl halides is 3. The van der Waals surface area contributed by atoms with Gasteiger partial charge >= 0.3 is 6.18 Å². The number of aliphatic hydroxyl groups is 1. The predicted molar refractivity (Wildman–Crippen MR) is 119 cm³/mol. The third-order valence-electron chi connectivity index (χ3n) is 5.84. The molecule has 1 fully saturated rings. The average molecular weight is 501 g/mol. The number of carbonyl (C=O) groups is 4. The molecule has 1 aromatic carbocycles. The Morgan fingerprint density at radius 3 is 2.26 bits per heavy atom. The molecule has 0 saturated carbocycles. The lowest BCUT2D eigenvalue weighted by Crippen LogP contribution is -2.55. The fourth-order valence-corrected chi connectivity index (χ4v) is 3.93. The molecule has 0 aliphatic carbocycles. The van der Waals surface area contributed by atoms with Crippen molar-refractivity contribution in [1.82, 2.24) is 16.0 Å². The monoisotopic (exact) mass is 500 g/mol. The molecule has 2 rings (SSSR count). The molecular weight excluding hydrogens is 469 g/mol. The third-order valence-corrected chi connectivity index (χ3v) is 5.84. The van der Waals surface area contributed by atoms with Gasteiger partial charge in [-0.1, -0.05) is 44.2 Å². The second-order valence-corrected chi connectivity index (χ2v) is 9.13. The van der Waals surface area contributed by atoms with Gasteiger partial charge in [0.2, 0.25) is 23.6 Å². The van der Waals surface area contributed by atoms with E-state index >= 15 is 0 Å². The summed E-state index contributed by atoms with van der Waals surface area (Å²) in [6.07, 6.45) is -6.08. The normalized spacial score (nSPS) is 19.4. The molecule has 6 N–H and O–H groups in total. The summed E-state index contributed by atoms with van der Waals surface area (Å²) in [4.78, 5) is 49.2. The van der Waals surface area contributed by atoms with Gasteiger partial charge in [-0.05, 0) is 30.7 Å². The summed E-state index contributed by atoms with van der Waals surface area (Å²) >= 11 is 0. The largest absolute Gasteiger partial charge is 0.421 e. The number of carbonyl (C=O) groups excluding carboxylic acids is 4. The third kappa shape index (κ3) is 7.41. The second kappa shape index (κ2) is 11.5. The van der Waals surface area contributed by atoms with E-state index in [0.717, 1.165) is 12.1 Å². The molecule has 35 heavy (non-hydrogen) atoms. The van der Waals surface area contributed by atoms with Gasteiger partial charge in [0, 0.05) is 12.5 Å². The highest BCUT2D eigenvalue weighted by Gasteiger charge is 2.56. The number of amides is 4. The minimum atomic E-state index is -5.17. The van der Waals surface area contributed by atoms with Crippen LogP contribution in [0.2, 0.25) is 0 Å². The van der Waals surface area contributed by atoms with Crippen molar-refractivity contribution in [3.8, 4) is 0 Å². The van der Waals surface area contributed by atoms with E-state index in [1.54, 1.807) is 13.8 Å². The minimum absolute atomic E-state index is 0.0444. The van der Waals surface area contributed by atoms with Crippen LogP contribution >= 0.6 is 0 Å². The van der Waals surface area contributed by atoms with Crippen LogP contribution in [0.4, 0.5) is 13.2 Å². The SMILES string of the molecule is CC(C)C[C@H](NC(=O)CC(O)(c1ccccc1)C(F)(F)F)C(=O)N[C@@H](C[C@H]1CCNC1=O)C(N)=O. The highest BCUT2D eigenvalue weighted by Crippen LogP contribution is 2.41. The zero-order chi connectivity index (χ0) is 26.4. The number of nitrogens with two attached hydrogens (primary N) is 1. The molecule has 0 radical (unpaired) electrons. The number of hydrogen-bond donors (Lipinski definition) is 5. The molecule has 0 bridgehead atoms. The van der Waals surface area contributed by atoms with E-state index in [0.29, 0.717) is 13.0 Å². The lowest BCUT2D eigenvalue weighted by molar-refractivity contribution is -0.267. The molecule has 194 valence electrons. The Balaban J connectivity index is 2.17. The van der Waals surface area contributed by atoms with Gasteiger partial charge in [0.25, 0.3) is 0 Å². The highest BCUT2D eigenvalue weighted by atomic mass is 19.4. The van der Waals surface area contributed by atoms with Crippen molar-refractivity contribution < 1.29 is 37.5 Å². The molecule has 1 aliphatic heterocycles. The first-order chi connectivity index (χ1) is 16.2. The first-order valence-electron chi connectivity index (χ1n) is 11.3. The van der Waals surface area contributed by atoms with E-state index < -0.39 is 59.5 Å². The van der Waals surface area contributed by atoms with Crippen LogP contribution in [0.1, 0.15) is 45.1 Å². The standard InChI is InChI=1S/C23H31F3N4O5/c1-13(2)10-17(21(34)30-16(19(27)32)11-14-8-9-28-20(14)33)29-18(31)12-22(35,23(24,25)26)15-6-4-3-5-7-15/h3-7,13-14,16-17,35H,8-12H2,1-2H3,(H2,27,32)(H,28,33)(H,29,31)(H,30,34)/t14-,16+,17+,22?/m1/s1. The van der Waals surface area contributed by atoms with Gasteiger partial charge in [0.15, 0.2) is 5.60 Å². The van der Waals surface area contributed by atoms with Gasteiger partial charge in [-0.25, -0.2) is 0 Å². The maximum Gasteiger partial charge on any atom is 0.421 e. The Bertz CT molecular complexity index is 925. The molecule has 1 aliphatic rings. The first-order valence-corrected chi connectivity index (χ1v) is 11.3. The Morgan fingerprint density at radius 1 is 1.14 bits per heavy atom. The summed E-state index contributed by atoms with van der Waals surface area (Å²) < 4.78 is 41.2. The highest BCUT2D eigenvalue weighted by molar-refractivity contribution is 5.92. The molecular formula is C23H31F3N4O5. The Kier molecular flexibility index (Phi) is 9.24. The summed E-state index contributed by atoms with van der Waals surface area (Å²) in [6.45, 7) is 3.90. The number of nitrogens with one attached hydrogen (secondary N) is 3. The summed E-state index contributed by atoms with van der Waals surface area (Å²) in [5.74, 6) is -3.88. The maximum absolute atomic E-state index is 13.7. The van der Waals surface area contributed by atoms with Crippen LogP contribution in [-0.2, 0) is 24.8 Å². The van der Waals surface area contributed by atoms with Gasteiger partial charge in [-0.2, -0.15) is 13.2 Å². The van der Waals surface area contributed by atoms with Crippen LogP contribution in [0.5, 0.6) is 0 Å². The maximum atomic E-state index is 13.7. The average Bonchev–Trinajstić information content (AvgIpc) is 3.16. The number of rotatable bonds is 11. The Morgan fingerprint density at radius 2 is 1.77 bits per heavy atom. The van der Waals surface area contributed by atoms with E-state index in [1.807, 2.05) is 0 Å². The zero-order valence-corrected chi connectivity index (χ0v) is 19.5. The molecule has 4 atom stereocenters. The van der Waals surface area contributed by atoms with Crippen LogP contribution < -0.4 is 21.7 Å². The van der Waals surface area contributed by atoms with Crippen LogP contribution in [0.25, 0.3) is 0 Å². The quantitative estimate of drug-likeness (QED) is 0.305. The molecule has 4 amide bonds. The zero-order valence-electron chi connectivity index (χ0n) is 19.5. The lowest BCUT2D eigenvalue weighted by Gasteiger charge is -2.31. The fourth-order valence-electron chi connectivity index (χ4n) is 3.93. The van der Waals surface area contributed by atoms with Crippen molar-refractivity contribution in [3.63, 3.8) is 0 Å². The molecule has 0 aromatic heterocycles. The van der Waals surface area contributed by atoms with Crippen molar-refractivity contribution in [3.05, 3.63) is 35.9 Å². The molecule has 1 unspecified atom stereocenters. The van der Waals surface area contributed by atoms with Crippen LogP contribution in [0, 0.1) is 11.8 Å². The Labute approximate surface area is 201 Å². The minimum Gasteiger partial charge on any atom is -0.376 e. The van der Waals surface area contributed by atoms with Crippen molar-refractivity contribution in [2.75, 3.05) is 6.54 Å². The number of halogens is 3. The molecule has 1 saturated heterocycles. The smallest absolute Gasteiger partial charge is 0.376 e. The van der Waals surface area contributed by atoms with Crippen molar-refractivity contribution in [2.45, 2.75) is 63.4 Å². The molecule has 9 nitrogen and oxygen atoms in total. The summed E-state index contributed by atoms with van der Waals surface area (Å²) in [6, 6.07) is 3.66. The van der Waals surface area contributed by atoms with Crippen molar-refractivity contribution >= 4 is 23.6 Å². The van der Waals surface area contributed by atoms with E-state index in [-0.39, 0.29) is 24.7 Å². The number of benzene rings is 1. The predicted octanol–water partition coefficient (Wildman–Crippen LogP) is 0.854. The fraction of sp³-hybridized carbons (Fsp3) is 0.565. The molecule has 12 heteroatoms. The molecule has 0 spiro atoms. The van der Waals surface area contributed by atoms with E-state index in [1.165, 1.54) is 18.2 Å². The number of primary amides is 1. The summed E-state index contributed by atoms with van der Waals surface area (Å²) in [5.41, 5.74) is 1.39. The molecule has 1 heterocycles. The first kappa shape index (κ1) is 28.1.